The van der Waals surface area contributed by atoms with Gasteiger partial charge in [-0.15, -0.1) is 0 Å². The van der Waals surface area contributed by atoms with E-state index < -0.39 is 23.5 Å². The van der Waals surface area contributed by atoms with Crippen molar-refractivity contribution in [2.75, 3.05) is 0 Å². The molecule has 0 radical (unpaired) electrons. The highest BCUT2D eigenvalue weighted by molar-refractivity contribution is 5.81. The third kappa shape index (κ3) is 6.50. The van der Waals surface area contributed by atoms with E-state index >= 15 is 0 Å². The van der Waals surface area contributed by atoms with Gasteiger partial charge in [-0.3, -0.25) is 0 Å². The van der Waals surface area contributed by atoms with Gasteiger partial charge in [0.25, 0.3) is 5.79 Å². The van der Waals surface area contributed by atoms with Gasteiger partial charge < -0.3 is 9.47 Å². The maximum absolute atomic E-state index is 11.5. The summed E-state index contributed by atoms with van der Waals surface area (Å²) in [7, 11) is 0. The number of rotatable bonds is 7. The Bertz CT molecular complexity index is 549. The molecule has 0 aromatic heterocycles. The van der Waals surface area contributed by atoms with Gasteiger partial charge in [0.2, 0.25) is 0 Å². The number of carbonyl (C=O) groups is 2. The van der Waals surface area contributed by atoms with Crippen LogP contribution in [0.15, 0.2) is 43.0 Å². The molecule has 0 atom stereocenters. The van der Waals surface area contributed by atoms with E-state index in [1.165, 1.54) is 13.8 Å². The minimum absolute atomic E-state index is 0.745. The number of hydrogen-bond donors (Lipinski definition) is 0. The van der Waals surface area contributed by atoms with Gasteiger partial charge in [0.1, 0.15) is 5.60 Å². The van der Waals surface area contributed by atoms with Crippen LogP contribution in [-0.2, 0) is 34.7 Å². The lowest BCUT2D eigenvalue weighted by Gasteiger charge is -2.24. The monoisotopic (exact) mass is 324 g/mol. The second-order valence-electron chi connectivity index (χ2n) is 5.49. The first-order valence-electron chi connectivity index (χ1n) is 6.82. The van der Waals surface area contributed by atoms with Crippen molar-refractivity contribution >= 4 is 12.1 Å². The van der Waals surface area contributed by atoms with Crippen molar-refractivity contribution in [2.45, 2.75) is 39.1 Å². The lowest BCUT2D eigenvalue weighted by atomic mass is 9.99. The third-order valence-electron chi connectivity index (χ3n) is 2.66. The fraction of sp³-hybridized carbons (Fsp3) is 0.375. The van der Waals surface area contributed by atoms with Gasteiger partial charge in [0, 0.05) is 19.9 Å². The standard InChI is InChI=1S/C16H20O7/c1-6-13(17)19-16(4,5)20-14(18)21-23-22-15(2,3)12-10-8-7-9-11-12/h6-11H,1H2,2-5H3. The molecule has 0 bridgehead atoms. The van der Waals surface area contributed by atoms with Crippen molar-refractivity contribution in [1.82, 2.24) is 0 Å². The van der Waals surface area contributed by atoms with E-state index in [2.05, 4.69) is 16.5 Å². The van der Waals surface area contributed by atoms with E-state index in [4.69, 9.17) is 14.4 Å². The first kappa shape index (κ1) is 18.7. The molecule has 0 unspecified atom stereocenters. The summed E-state index contributed by atoms with van der Waals surface area (Å²) >= 11 is 0. The molecular formula is C16H20O7. The third-order valence-corrected chi connectivity index (χ3v) is 2.66. The van der Waals surface area contributed by atoms with Crippen molar-refractivity contribution in [3.63, 3.8) is 0 Å². The molecule has 0 aliphatic heterocycles. The van der Waals surface area contributed by atoms with Crippen molar-refractivity contribution in [3.05, 3.63) is 48.6 Å². The number of hydrogen-bond acceptors (Lipinski definition) is 7. The molecule has 7 nitrogen and oxygen atoms in total. The van der Waals surface area contributed by atoms with Crippen LogP contribution in [0.4, 0.5) is 4.79 Å². The maximum atomic E-state index is 11.5. The predicted molar refractivity (Wildman–Crippen MR) is 79.6 cm³/mol. The fourth-order valence-electron chi connectivity index (χ4n) is 1.54. The van der Waals surface area contributed by atoms with Crippen molar-refractivity contribution in [1.29, 1.82) is 0 Å². The zero-order valence-electron chi connectivity index (χ0n) is 13.5. The maximum Gasteiger partial charge on any atom is 0.545 e. The molecule has 7 heteroatoms. The van der Waals surface area contributed by atoms with Crippen molar-refractivity contribution in [3.8, 4) is 0 Å². The van der Waals surface area contributed by atoms with E-state index in [0.29, 0.717) is 0 Å². The van der Waals surface area contributed by atoms with E-state index in [1.807, 2.05) is 30.3 Å². The van der Waals surface area contributed by atoms with Crippen LogP contribution in [0.25, 0.3) is 0 Å². The van der Waals surface area contributed by atoms with Gasteiger partial charge in [0.15, 0.2) is 0 Å². The molecule has 0 saturated heterocycles. The van der Waals surface area contributed by atoms with Crippen LogP contribution in [0.5, 0.6) is 0 Å². The molecular weight excluding hydrogens is 304 g/mol. The van der Waals surface area contributed by atoms with E-state index in [-0.39, 0.29) is 0 Å². The zero-order valence-corrected chi connectivity index (χ0v) is 13.5. The summed E-state index contributed by atoms with van der Waals surface area (Å²) in [6, 6.07) is 9.21. The van der Waals surface area contributed by atoms with Gasteiger partial charge in [-0.05, 0) is 24.4 Å². The second kappa shape index (κ2) is 7.75. The SMILES string of the molecule is C=CC(=O)OC(C)(C)OC(=O)OOOC(C)(C)c1ccccc1. The highest BCUT2D eigenvalue weighted by Gasteiger charge is 2.29. The van der Waals surface area contributed by atoms with Gasteiger partial charge >= 0.3 is 12.1 Å². The summed E-state index contributed by atoms with van der Waals surface area (Å²) < 4.78 is 9.57. The lowest BCUT2D eigenvalue weighted by Crippen LogP contribution is -2.34. The Morgan fingerprint density at radius 2 is 1.65 bits per heavy atom. The normalized spacial score (nSPS) is 11.5. The molecule has 1 aromatic rings. The first-order chi connectivity index (χ1) is 10.7. The lowest BCUT2D eigenvalue weighted by molar-refractivity contribution is -0.522. The van der Waals surface area contributed by atoms with Gasteiger partial charge in [-0.1, -0.05) is 36.9 Å². The number of ether oxygens (including phenoxy) is 2. The smallest absolute Gasteiger partial charge is 0.420 e. The Morgan fingerprint density at radius 1 is 1.04 bits per heavy atom. The average molecular weight is 324 g/mol. The Kier molecular flexibility index (Phi) is 6.29. The molecule has 0 amide bonds. The predicted octanol–water partition coefficient (Wildman–Crippen LogP) is 3.40. The molecule has 1 rings (SSSR count). The van der Waals surface area contributed by atoms with Crippen LogP contribution in [0.2, 0.25) is 0 Å². The Morgan fingerprint density at radius 3 is 2.22 bits per heavy atom. The first-order valence-corrected chi connectivity index (χ1v) is 6.82. The number of esters is 1. The molecule has 1 aromatic carbocycles. The average Bonchev–Trinajstić information content (AvgIpc) is 2.46. The van der Waals surface area contributed by atoms with Crippen molar-refractivity contribution in [2.24, 2.45) is 0 Å². The van der Waals surface area contributed by atoms with E-state index in [9.17, 15) is 9.59 Å². The van der Waals surface area contributed by atoms with Crippen molar-refractivity contribution < 1.29 is 33.9 Å². The summed E-state index contributed by atoms with van der Waals surface area (Å²) in [5.74, 6) is -2.29. The Labute approximate surface area is 134 Å². The van der Waals surface area contributed by atoms with Crippen LogP contribution in [0, 0.1) is 0 Å². The molecule has 0 heterocycles. The molecule has 23 heavy (non-hydrogen) atoms. The van der Waals surface area contributed by atoms with Gasteiger partial charge in [-0.25, -0.2) is 14.5 Å². The minimum Gasteiger partial charge on any atom is -0.420 e. The topological polar surface area (TPSA) is 80.3 Å². The van der Waals surface area contributed by atoms with E-state index in [0.717, 1.165) is 11.6 Å². The minimum atomic E-state index is -1.54. The molecule has 0 spiro atoms. The molecule has 0 aliphatic carbocycles. The van der Waals surface area contributed by atoms with Gasteiger partial charge in [-0.2, -0.15) is 4.89 Å². The highest BCUT2D eigenvalue weighted by atomic mass is 17.5. The summed E-state index contributed by atoms with van der Waals surface area (Å²) in [6.45, 7) is 9.40. The van der Waals surface area contributed by atoms with Crippen LogP contribution in [-0.4, -0.2) is 17.9 Å². The number of benzene rings is 1. The summed E-state index contributed by atoms with van der Waals surface area (Å²) in [5, 5.41) is 4.46. The summed E-state index contributed by atoms with van der Waals surface area (Å²) in [5.41, 5.74) is -0.0379. The Balaban J connectivity index is 2.45. The summed E-state index contributed by atoms with van der Waals surface area (Å²) in [4.78, 5) is 32.0. The Hall–Kier alpha value is -2.38. The second-order valence-corrected chi connectivity index (χ2v) is 5.49. The molecule has 0 aliphatic rings. The number of carbonyl (C=O) groups excluding carboxylic acids is 2. The van der Waals surface area contributed by atoms with Crippen LogP contribution in [0.3, 0.4) is 0 Å². The quantitative estimate of drug-likeness (QED) is 0.250. The van der Waals surface area contributed by atoms with Crippen LogP contribution in [0.1, 0.15) is 33.3 Å². The molecule has 126 valence electrons. The highest BCUT2D eigenvalue weighted by Crippen LogP contribution is 2.24. The molecule has 0 fully saturated rings. The van der Waals surface area contributed by atoms with Gasteiger partial charge in [0.05, 0.1) is 0 Å². The van der Waals surface area contributed by atoms with E-state index in [1.54, 1.807) is 13.8 Å². The van der Waals surface area contributed by atoms with Crippen LogP contribution >= 0.6 is 0 Å². The fourth-order valence-corrected chi connectivity index (χ4v) is 1.54. The summed E-state index contributed by atoms with van der Waals surface area (Å²) in [6.07, 6.45) is -0.283. The molecule has 0 saturated carbocycles. The van der Waals surface area contributed by atoms with Crippen LogP contribution < -0.4 is 0 Å². The largest absolute Gasteiger partial charge is 0.545 e. The molecule has 0 N–H and O–H groups in total. The zero-order chi connectivity index (χ0) is 17.5.